The quantitative estimate of drug-likeness (QED) is 0.435. The molecule has 2 aromatic heterocycles. The number of aryl methyl sites for hydroxylation is 2. The monoisotopic (exact) mass is 490 g/mol. The zero-order valence-electron chi connectivity index (χ0n) is 19.4. The number of rotatable bonds is 10. The Balaban J connectivity index is 1.87. The highest BCUT2D eigenvalue weighted by molar-refractivity contribution is 7.92. The van der Waals surface area contributed by atoms with Crippen molar-refractivity contribution in [3.63, 3.8) is 0 Å². The third-order valence-electron chi connectivity index (χ3n) is 5.25. The number of nitrogens with zero attached hydrogens (tertiary/aromatic N) is 3. The number of carboxylic acid groups (broad SMARTS) is 1. The van der Waals surface area contributed by atoms with Crippen LogP contribution in [0.1, 0.15) is 27.4 Å². The number of aromatic nitrogens is 2. The van der Waals surface area contributed by atoms with Crippen LogP contribution >= 0.6 is 0 Å². The van der Waals surface area contributed by atoms with Gasteiger partial charge >= 0.3 is 5.97 Å². The van der Waals surface area contributed by atoms with E-state index in [1.165, 1.54) is 38.6 Å². The number of aromatic carboxylic acids is 1. The van der Waals surface area contributed by atoms with Gasteiger partial charge in [-0.25, -0.2) is 18.2 Å². The standard InChI is InChI=1S/C22H26N4O7S/c1-13-17(14(2)33-24-13)8-9-26(3)21-18(22(27)28)10-15(12-23-21)25-34(29,30)20-11-16(31-4)6-7-19(20)32-5/h6-7,10-12,25H,8-9H2,1-5H3,(H,27,28). The lowest BCUT2D eigenvalue weighted by Gasteiger charge is -2.21. The average molecular weight is 491 g/mol. The molecule has 0 spiro atoms. The number of nitrogens with one attached hydrogen (secondary N) is 1. The first-order valence-electron chi connectivity index (χ1n) is 10.2. The van der Waals surface area contributed by atoms with E-state index in [1.807, 2.05) is 13.8 Å². The van der Waals surface area contributed by atoms with Crippen molar-refractivity contribution in [1.29, 1.82) is 0 Å². The van der Waals surface area contributed by atoms with E-state index in [2.05, 4.69) is 14.9 Å². The van der Waals surface area contributed by atoms with Crippen molar-refractivity contribution in [2.45, 2.75) is 25.2 Å². The van der Waals surface area contributed by atoms with Gasteiger partial charge < -0.3 is 24.0 Å². The van der Waals surface area contributed by atoms with Gasteiger partial charge in [-0.2, -0.15) is 0 Å². The van der Waals surface area contributed by atoms with Crippen LogP contribution in [0.3, 0.4) is 0 Å². The van der Waals surface area contributed by atoms with E-state index < -0.39 is 16.0 Å². The maximum Gasteiger partial charge on any atom is 0.339 e. The first-order valence-corrected chi connectivity index (χ1v) is 11.7. The van der Waals surface area contributed by atoms with Gasteiger partial charge in [-0.05, 0) is 38.5 Å². The molecule has 0 radical (unpaired) electrons. The lowest BCUT2D eigenvalue weighted by atomic mass is 10.1. The molecule has 0 saturated carbocycles. The molecule has 0 unspecified atom stereocenters. The summed E-state index contributed by atoms with van der Waals surface area (Å²) in [4.78, 5) is 17.7. The van der Waals surface area contributed by atoms with Crippen molar-refractivity contribution in [3.8, 4) is 11.5 Å². The fourth-order valence-corrected chi connectivity index (χ4v) is 4.64. The molecular formula is C22H26N4O7S. The summed E-state index contributed by atoms with van der Waals surface area (Å²) in [5.74, 6) is 0.0825. The Hall–Kier alpha value is -3.80. The normalized spacial score (nSPS) is 11.2. The minimum absolute atomic E-state index is 0.00912. The Labute approximate surface area is 197 Å². The van der Waals surface area contributed by atoms with Crippen LogP contribution < -0.4 is 19.1 Å². The molecule has 34 heavy (non-hydrogen) atoms. The molecule has 1 aromatic carbocycles. The highest BCUT2D eigenvalue weighted by Crippen LogP contribution is 2.30. The minimum atomic E-state index is -4.13. The molecule has 0 bridgehead atoms. The van der Waals surface area contributed by atoms with Gasteiger partial charge in [0.2, 0.25) is 0 Å². The highest BCUT2D eigenvalue weighted by atomic mass is 32.2. The third-order valence-corrected chi connectivity index (χ3v) is 6.65. The van der Waals surface area contributed by atoms with Gasteiger partial charge in [0.25, 0.3) is 10.0 Å². The zero-order chi connectivity index (χ0) is 25.0. The summed E-state index contributed by atoms with van der Waals surface area (Å²) in [6, 6.07) is 5.56. The van der Waals surface area contributed by atoms with Crippen molar-refractivity contribution >= 4 is 27.5 Å². The summed E-state index contributed by atoms with van der Waals surface area (Å²) in [5.41, 5.74) is 1.56. The number of carboxylic acids is 1. The molecule has 3 rings (SSSR count). The number of methoxy groups -OCH3 is 2. The van der Waals surface area contributed by atoms with Gasteiger partial charge in [0.05, 0.1) is 31.8 Å². The molecule has 0 amide bonds. The van der Waals surface area contributed by atoms with Crippen LogP contribution in [0.5, 0.6) is 11.5 Å². The van der Waals surface area contributed by atoms with E-state index >= 15 is 0 Å². The second-order valence-electron chi connectivity index (χ2n) is 7.50. The maximum absolute atomic E-state index is 13.0. The Morgan fingerprint density at radius 1 is 1.21 bits per heavy atom. The number of likely N-dealkylation sites (N-methyl/N-ethyl adjacent to an activating group) is 1. The van der Waals surface area contributed by atoms with E-state index in [1.54, 1.807) is 18.0 Å². The summed E-state index contributed by atoms with van der Waals surface area (Å²) in [5, 5.41) is 13.7. The largest absolute Gasteiger partial charge is 0.497 e. The first-order chi connectivity index (χ1) is 16.1. The molecule has 3 aromatic rings. The average Bonchev–Trinajstić information content (AvgIpc) is 3.13. The lowest BCUT2D eigenvalue weighted by Crippen LogP contribution is -2.24. The van der Waals surface area contributed by atoms with E-state index in [0.29, 0.717) is 24.5 Å². The van der Waals surface area contributed by atoms with Crippen LogP contribution in [-0.2, 0) is 16.4 Å². The Morgan fingerprint density at radius 3 is 2.53 bits per heavy atom. The Bertz CT molecular complexity index is 1290. The molecular weight excluding hydrogens is 464 g/mol. The molecule has 0 saturated heterocycles. The predicted molar refractivity (Wildman–Crippen MR) is 125 cm³/mol. The van der Waals surface area contributed by atoms with Gasteiger partial charge in [-0.15, -0.1) is 0 Å². The second-order valence-corrected chi connectivity index (χ2v) is 9.15. The summed E-state index contributed by atoms with van der Waals surface area (Å²) in [6.07, 6.45) is 1.83. The zero-order valence-corrected chi connectivity index (χ0v) is 20.3. The molecule has 2 heterocycles. The summed E-state index contributed by atoms with van der Waals surface area (Å²) < 4.78 is 43.8. The minimum Gasteiger partial charge on any atom is -0.497 e. The van der Waals surface area contributed by atoms with Crippen molar-refractivity contribution in [3.05, 3.63) is 53.0 Å². The van der Waals surface area contributed by atoms with Gasteiger partial charge in [0.15, 0.2) is 0 Å². The molecule has 2 N–H and O–H groups in total. The second kappa shape index (κ2) is 10.00. The first kappa shape index (κ1) is 24.8. The molecule has 12 heteroatoms. The van der Waals surface area contributed by atoms with Gasteiger partial charge in [-0.1, -0.05) is 5.16 Å². The van der Waals surface area contributed by atoms with Crippen molar-refractivity contribution in [2.75, 3.05) is 37.4 Å². The Kier molecular flexibility index (Phi) is 7.30. The number of pyridine rings is 1. The van der Waals surface area contributed by atoms with Crippen LogP contribution in [0.25, 0.3) is 0 Å². The lowest BCUT2D eigenvalue weighted by molar-refractivity contribution is 0.0697. The molecule has 0 aliphatic carbocycles. The van der Waals surface area contributed by atoms with Gasteiger partial charge in [0.1, 0.15) is 33.5 Å². The van der Waals surface area contributed by atoms with Crippen molar-refractivity contribution in [1.82, 2.24) is 10.1 Å². The number of benzene rings is 1. The van der Waals surface area contributed by atoms with E-state index in [-0.39, 0.29) is 27.7 Å². The highest BCUT2D eigenvalue weighted by Gasteiger charge is 2.23. The molecule has 0 atom stereocenters. The van der Waals surface area contributed by atoms with Gasteiger partial charge in [0, 0.05) is 25.2 Å². The fraction of sp³-hybridized carbons (Fsp3) is 0.318. The maximum atomic E-state index is 13.0. The number of ether oxygens (including phenoxy) is 2. The summed E-state index contributed by atoms with van der Waals surface area (Å²) in [6.45, 7) is 4.10. The van der Waals surface area contributed by atoms with Crippen LogP contribution in [-0.4, -0.2) is 57.4 Å². The smallest absolute Gasteiger partial charge is 0.339 e. The number of carbonyl (C=O) groups is 1. The molecule has 182 valence electrons. The molecule has 0 fully saturated rings. The van der Waals surface area contributed by atoms with E-state index in [9.17, 15) is 18.3 Å². The van der Waals surface area contributed by atoms with E-state index in [4.69, 9.17) is 14.0 Å². The number of sulfonamides is 1. The van der Waals surface area contributed by atoms with Crippen LogP contribution in [0.2, 0.25) is 0 Å². The molecule has 11 nitrogen and oxygen atoms in total. The molecule has 0 aliphatic heterocycles. The Morgan fingerprint density at radius 2 is 1.94 bits per heavy atom. The fourth-order valence-electron chi connectivity index (χ4n) is 3.42. The van der Waals surface area contributed by atoms with Gasteiger partial charge in [-0.3, -0.25) is 4.72 Å². The summed E-state index contributed by atoms with van der Waals surface area (Å²) in [7, 11) is 0.331. The third kappa shape index (κ3) is 5.22. The summed E-state index contributed by atoms with van der Waals surface area (Å²) >= 11 is 0. The molecule has 0 aliphatic rings. The number of hydrogen-bond donors (Lipinski definition) is 2. The van der Waals surface area contributed by atoms with Crippen molar-refractivity contribution < 1.29 is 32.3 Å². The van der Waals surface area contributed by atoms with Crippen LogP contribution in [0, 0.1) is 13.8 Å². The number of hydrogen-bond acceptors (Lipinski definition) is 9. The topological polar surface area (TPSA) is 144 Å². The van der Waals surface area contributed by atoms with Crippen molar-refractivity contribution in [2.24, 2.45) is 0 Å². The van der Waals surface area contributed by atoms with E-state index in [0.717, 1.165) is 11.3 Å². The van der Waals surface area contributed by atoms with Crippen LogP contribution in [0.15, 0.2) is 39.9 Å². The SMILES string of the molecule is COc1ccc(OC)c(S(=O)(=O)Nc2cnc(N(C)CCc3c(C)noc3C)c(C(=O)O)c2)c1. The predicted octanol–water partition coefficient (Wildman–Crippen LogP) is 2.88. The number of anilines is 2. The van der Waals surface area contributed by atoms with Crippen LogP contribution in [0.4, 0.5) is 11.5 Å².